The van der Waals surface area contributed by atoms with Crippen molar-refractivity contribution in [3.63, 3.8) is 0 Å². The molecule has 0 aliphatic heterocycles. The lowest BCUT2D eigenvalue weighted by atomic mass is 10.1. The van der Waals surface area contributed by atoms with Crippen LogP contribution in [0.3, 0.4) is 0 Å². The monoisotopic (exact) mass is 372 g/mol. The zero-order valence-corrected chi connectivity index (χ0v) is 16.4. The minimum atomic E-state index is -0.617. The molecule has 0 fully saturated rings. The number of carbonyl (C=O) groups is 1. The Hall–Kier alpha value is -1.62. The lowest BCUT2D eigenvalue weighted by Gasteiger charge is -2.21. The maximum atomic E-state index is 11.9. The molecule has 0 N–H and O–H groups in total. The smallest absolute Gasteiger partial charge is 0.256 e. The van der Waals surface area contributed by atoms with Gasteiger partial charge < -0.3 is 18.9 Å². The van der Waals surface area contributed by atoms with Gasteiger partial charge in [-0.25, -0.2) is 0 Å². The van der Waals surface area contributed by atoms with Crippen molar-refractivity contribution in [3.05, 3.63) is 11.6 Å². The van der Waals surface area contributed by atoms with Crippen molar-refractivity contribution in [2.24, 2.45) is 0 Å². The Morgan fingerprint density at radius 3 is 1.88 bits per heavy atom. The quantitative estimate of drug-likeness (QED) is 0.351. The first-order valence-corrected chi connectivity index (χ1v) is 9.40. The van der Waals surface area contributed by atoms with Crippen molar-refractivity contribution in [1.29, 1.82) is 0 Å². The highest BCUT2D eigenvalue weighted by Crippen LogP contribution is 2.48. The SMILES string of the molecule is CCCCOc1c(OCC)cc(C(=O)Cl)c(OCCCC)c1OCC. The average molecular weight is 373 g/mol. The highest BCUT2D eigenvalue weighted by molar-refractivity contribution is 6.68. The highest BCUT2D eigenvalue weighted by atomic mass is 35.5. The van der Waals surface area contributed by atoms with Gasteiger partial charge in [-0.3, -0.25) is 4.79 Å². The average Bonchev–Trinajstić information content (AvgIpc) is 2.58. The number of benzene rings is 1. The van der Waals surface area contributed by atoms with E-state index >= 15 is 0 Å². The third-order valence-corrected chi connectivity index (χ3v) is 3.65. The van der Waals surface area contributed by atoms with Gasteiger partial charge in [-0.15, -0.1) is 0 Å². The van der Waals surface area contributed by atoms with E-state index in [9.17, 15) is 4.79 Å². The zero-order chi connectivity index (χ0) is 18.7. The van der Waals surface area contributed by atoms with Crippen molar-refractivity contribution < 1.29 is 23.7 Å². The fourth-order valence-electron chi connectivity index (χ4n) is 2.20. The summed E-state index contributed by atoms with van der Waals surface area (Å²) in [6.07, 6.45) is 3.75. The molecular weight excluding hydrogens is 344 g/mol. The topological polar surface area (TPSA) is 54.0 Å². The van der Waals surface area contributed by atoms with Crippen LogP contribution in [0.4, 0.5) is 0 Å². The lowest BCUT2D eigenvalue weighted by Crippen LogP contribution is -2.10. The number of halogens is 1. The van der Waals surface area contributed by atoms with Gasteiger partial charge in [0.2, 0.25) is 11.5 Å². The highest BCUT2D eigenvalue weighted by Gasteiger charge is 2.26. The summed E-state index contributed by atoms with van der Waals surface area (Å²) < 4.78 is 23.2. The summed E-state index contributed by atoms with van der Waals surface area (Å²) in [6, 6.07) is 1.57. The molecule has 0 radical (unpaired) electrons. The second-order valence-electron chi connectivity index (χ2n) is 5.45. The van der Waals surface area contributed by atoms with Gasteiger partial charge in [-0.1, -0.05) is 26.7 Å². The van der Waals surface area contributed by atoms with E-state index in [2.05, 4.69) is 13.8 Å². The molecule has 0 aromatic heterocycles. The van der Waals surface area contributed by atoms with Crippen molar-refractivity contribution in [1.82, 2.24) is 0 Å². The fourth-order valence-corrected chi connectivity index (χ4v) is 2.34. The standard InChI is InChI=1S/C19H29ClO5/c1-5-9-11-24-16-14(19(20)21)13-15(22-7-3)17(18(16)23-8-4)25-12-10-6-2/h13H,5-12H2,1-4H3. The van der Waals surface area contributed by atoms with Crippen LogP contribution >= 0.6 is 11.6 Å². The molecule has 0 unspecified atom stereocenters. The maximum Gasteiger partial charge on any atom is 0.256 e. The summed E-state index contributed by atoms with van der Waals surface area (Å²) in [7, 11) is 0. The molecule has 0 spiro atoms. The first-order chi connectivity index (χ1) is 12.1. The molecule has 0 aliphatic rings. The molecule has 0 amide bonds. The van der Waals surface area contributed by atoms with Gasteiger partial charge in [0.15, 0.2) is 11.5 Å². The molecule has 0 atom stereocenters. The molecule has 1 aromatic carbocycles. The molecule has 25 heavy (non-hydrogen) atoms. The third kappa shape index (κ3) is 6.31. The molecule has 1 rings (SSSR count). The Bertz CT molecular complexity index is 545. The minimum absolute atomic E-state index is 0.229. The molecule has 0 saturated carbocycles. The predicted molar refractivity (Wildman–Crippen MR) is 99.8 cm³/mol. The zero-order valence-electron chi connectivity index (χ0n) is 15.7. The number of unbranched alkanes of at least 4 members (excludes halogenated alkanes) is 2. The van der Waals surface area contributed by atoms with Gasteiger partial charge in [0.25, 0.3) is 5.24 Å². The summed E-state index contributed by atoms with van der Waals surface area (Å²) in [6.45, 7) is 9.71. The van der Waals surface area contributed by atoms with E-state index < -0.39 is 5.24 Å². The maximum absolute atomic E-state index is 11.9. The second kappa shape index (κ2) is 11.9. The Kier molecular flexibility index (Phi) is 10.2. The molecule has 0 bridgehead atoms. The van der Waals surface area contributed by atoms with Crippen molar-refractivity contribution >= 4 is 16.8 Å². The molecule has 5 nitrogen and oxygen atoms in total. The van der Waals surface area contributed by atoms with E-state index in [0.717, 1.165) is 25.7 Å². The molecule has 0 aliphatic carbocycles. The fraction of sp³-hybridized carbons (Fsp3) is 0.632. The van der Waals surface area contributed by atoms with Gasteiger partial charge in [0.05, 0.1) is 32.0 Å². The number of rotatable bonds is 13. The summed E-state index contributed by atoms with van der Waals surface area (Å²) >= 11 is 5.77. The van der Waals surface area contributed by atoms with E-state index in [0.29, 0.717) is 49.4 Å². The van der Waals surface area contributed by atoms with Crippen LogP contribution in [0.5, 0.6) is 23.0 Å². The molecule has 6 heteroatoms. The molecule has 1 aromatic rings. The van der Waals surface area contributed by atoms with Crippen LogP contribution in [0, 0.1) is 0 Å². The lowest BCUT2D eigenvalue weighted by molar-refractivity contribution is 0.107. The van der Waals surface area contributed by atoms with Crippen LogP contribution in [0.1, 0.15) is 63.7 Å². The Balaban J connectivity index is 3.40. The van der Waals surface area contributed by atoms with Crippen molar-refractivity contribution in [3.8, 4) is 23.0 Å². The summed E-state index contributed by atoms with van der Waals surface area (Å²) in [5.41, 5.74) is 0.229. The van der Waals surface area contributed by atoms with E-state index in [1.54, 1.807) is 6.07 Å². The van der Waals surface area contributed by atoms with Crippen LogP contribution in [-0.4, -0.2) is 31.7 Å². The summed E-state index contributed by atoms with van der Waals surface area (Å²) in [5, 5.41) is -0.617. The predicted octanol–water partition coefficient (Wildman–Crippen LogP) is 5.22. The normalized spacial score (nSPS) is 10.4. The molecule has 0 saturated heterocycles. The Morgan fingerprint density at radius 1 is 0.840 bits per heavy atom. The van der Waals surface area contributed by atoms with Gasteiger partial charge >= 0.3 is 0 Å². The van der Waals surface area contributed by atoms with Gasteiger partial charge in [0, 0.05) is 6.07 Å². The number of carbonyl (C=O) groups excluding carboxylic acids is 1. The van der Waals surface area contributed by atoms with Crippen LogP contribution in [0.25, 0.3) is 0 Å². The molecule has 142 valence electrons. The Labute approximate surface area is 155 Å². The third-order valence-electron chi connectivity index (χ3n) is 3.45. The first-order valence-electron chi connectivity index (χ1n) is 9.02. The summed E-state index contributed by atoms with van der Waals surface area (Å²) in [5.74, 6) is 1.61. The second-order valence-corrected chi connectivity index (χ2v) is 5.80. The Morgan fingerprint density at radius 2 is 1.40 bits per heavy atom. The van der Waals surface area contributed by atoms with E-state index in [-0.39, 0.29) is 5.56 Å². The van der Waals surface area contributed by atoms with Gasteiger partial charge in [0.1, 0.15) is 0 Å². The minimum Gasteiger partial charge on any atom is -0.490 e. The number of ether oxygens (including phenoxy) is 4. The number of hydrogen-bond acceptors (Lipinski definition) is 5. The van der Waals surface area contributed by atoms with Crippen LogP contribution in [0.2, 0.25) is 0 Å². The van der Waals surface area contributed by atoms with E-state index in [4.69, 9.17) is 30.5 Å². The van der Waals surface area contributed by atoms with Crippen molar-refractivity contribution in [2.75, 3.05) is 26.4 Å². The van der Waals surface area contributed by atoms with Crippen molar-refractivity contribution in [2.45, 2.75) is 53.4 Å². The van der Waals surface area contributed by atoms with Gasteiger partial charge in [-0.2, -0.15) is 0 Å². The van der Waals surface area contributed by atoms with E-state index in [1.807, 2.05) is 13.8 Å². The van der Waals surface area contributed by atoms with Crippen LogP contribution < -0.4 is 18.9 Å². The summed E-state index contributed by atoms with van der Waals surface area (Å²) in [4.78, 5) is 11.9. The largest absolute Gasteiger partial charge is 0.490 e. The first kappa shape index (κ1) is 21.4. The molecule has 0 heterocycles. The van der Waals surface area contributed by atoms with Crippen LogP contribution in [-0.2, 0) is 0 Å². The molecular formula is C19H29ClO5. The van der Waals surface area contributed by atoms with Crippen LogP contribution in [0.15, 0.2) is 6.07 Å². The van der Waals surface area contributed by atoms with Gasteiger partial charge in [-0.05, 0) is 38.3 Å². The van der Waals surface area contributed by atoms with E-state index in [1.165, 1.54) is 0 Å². The number of hydrogen-bond donors (Lipinski definition) is 0.